The molecule has 1 atom stereocenters. The Balaban J connectivity index is 2.53. The van der Waals surface area contributed by atoms with Crippen LogP contribution in [0.5, 0.6) is 0 Å². The number of Topliss-reactive ketones (excluding diaryl/α,β-unsaturated/α-hetero) is 1. The Hall–Kier alpha value is -1.84. The maximum atomic E-state index is 12.3. The second kappa shape index (κ2) is 8.14. The zero-order valence-corrected chi connectivity index (χ0v) is 15.1. The predicted octanol–water partition coefficient (Wildman–Crippen LogP) is 4.37. The zero-order valence-electron chi connectivity index (χ0n) is 15.1. The van der Waals surface area contributed by atoms with Crippen LogP contribution in [0.15, 0.2) is 24.3 Å². The molecule has 0 spiro atoms. The van der Waals surface area contributed by atoms with E-state index in [1.807, 2.05) is 24.3 Å². The predicted molar refractivity (Wildman–Crippen MR) is 92.8 cm³/mol. The van der Waals surface area contributed by atoms with Crippen LogP contribution in [0.1, 0.15) is 63.9 Å². The van der Waals surface area contributed by atoms with Crippen molar-refractivity contribution in [1.82, 2.24) is 5.32 Å². The first kappa shape index (κ1) is 19.2. The highest BCUT2D eigenvalue weighted by molar-refractivity contribution is 5.96. The Labute approximate surface area is 139 Å². The number of hydrogen-bond acceptors (Lipinski definition) is 3. The molecule has 4 nitrogen and oxygen atoms in total. The number of carbonyl (C=O) groups is 2. The van der Waals surface area contributed by atoms with Crippen LogP contribution in [-0.4, -0.2) is 23.5 Å². The van der Waals surface area contributed by atoms with Gasteiger partial charge in [-0.05, 0) is 45.6 Å². The fourth-order valence-electron chi connectivity index (χ4n) is 2.25. The van der Waals surface area contributed by atoms with E-state index in [1.54, 1.807) is 27.7 Å². The molecule has 0 aliphatic carbocycles. The number of ketones is 1. The third-order valence-electron chi connectivity index (χ3n) is 3.17. The molecular formula is C19H29NO3. The van der Waals surface area contributed by atoms with E-state index in [2.05, 4.69) is 19.2 Å². The molecule has 0 bridgehead atoms. The van der Waals surface area contributed by atoms with Crippen molar-refractivity contribution in [2.75, 3.05) is 0 Å². The minimum Gasteiger partial charge on any atom is -0.444 e. The highest BCUT2D eigenvalue weighted by Gasteiger charge is 2.19. The highest BCUT2D eigenvalue weighted by Crippen LogP contribution is 2.12. The molecule has 1 aromatic rings. The van der Waals surface area contributed by atoms with Gasteiger partial charge >= 0.3 is 6.09 Å². The van der Waals surface area contributed by atoms with Gasteiger partial charge in [0.15, 0.2) is 5.78 Å². The number of ether oxygens (including phenoxy) is 1. The average Bonchev–Trinajstić information content (AvgIpc) is 2.35. The summed E-state index contributed by atoms with van der Waals surface area (Å²) in [4.78, 5) is 24.0. The van der Waals surface area contributed by atoms with Crippen molar-refractivity contribution in [3.63, 3.8) is 0 Å². The van der Waals surface area contributed by atoms with Gasteiger partial charge in [-0.2, -0.15) is 0 Å². The van der Waals surface area contributed by atoms with Crippen molar-refractivity contribution in [3.8, 4) is 0 Å². The Morgan fingerprint density at radius 2 is 1.65 bits per heavy atom. The molecule has 0 saturated carbocycles. The second-order valence-corrected chi connectivity index (χ2v) is 7.47. The zero-order chi connectivity index (χ0) is 17.6. The van der Waals surface area contributed by atoms with E-state index in [1.165, 1.54) is 5.56 Å². The van der Waals surface area contributed by atoms with Gasteiger partial charge in [-0.3, -0.25) is 4.79 Å². The van der Waals surface area contributed by atoms with Crippen LogP contribution in [0.25, 0.3) is 0 Å². The smallest absolute Gasteiger partial charge is 0.407 e. The number of amides is 1. The van der Waals surface area contributed by atoms with Crippen LogP contribution in [0.2, 0.25) is 0 Å². The van der Waals surface area contributed by atoms with Gasteiger partial charge in [0.2, 0.25) is 0 Å². The van der Waals surface area contributed by atoms with Crippen molar-refractivity contribution < 1.29 is 14.3 Å². The molecule has 1 unspecified atom stereocenters. The first-order valence-corrected chi connectivity index (χ1v) is 8.18. The van der Waals surface area contributed by atoms with E-state index in [9.17, 15) is 9.59 Å². The van der Waals surface area contributed by atoms with Gasteiger partial charge in [-0.15, -0.1) is 0 Å². The number of alkyl carbamates (subject to hydrolysis) is 1. The molecule has 0 fully saturated rings. The molecule has 0 radical (unpaired) electrons. The van der Waals surface area contributed by atoms with Gasteiger partial charge in [0.05, 0.1) is 0 Å². The lowest BCUT2D eigenvalue weighted by molar-refractivity contribution is 0.0506. The average molecular weight is 319 g/mol. The first-order chi connectivity index (χ1) is 10.6. The summed E-state index contributed by atoms with van der Waals surface area (Å²) in [5, 5.41) is 2.69. The van der Waals surface area contributed by atoms with Gasteiger partial charge in [0, 0.05) is 18.0 Å². The minimum absolute atomic E-state index is 0.0182. The van der Waals surface area contributed by atoms with Crippen molar-refractivity contribution >= 4 is 11.9 Å². The molecule has 1 rings (SSSR count). The molecule has 1 amide bonds. The summed E-state index contributed by atoms with van der Waals surface area (Å²) in [6.45, 7) is 11.6. The molecule has 4 heteroatoms. The fourth-order valence-corrected chi connectivity index (χ4v) is 2.25. The SMILES string of the molecule is CC(C)Cc1ccc(C(=O)CC(C)NC(=O)OC(C)(C)C)cc1. The van der Waals surface area contributed by atoms with Crippen LogP contribution in [0, 0.1) is 5.92 Å². The molecule has 128 valence electrons. The second-order valence-electron chi connectivity index (χ2n) is 7.47. The summed E-state index contributed by atoms with van der Waals surface area (Å²) in [6.07, 6.45) is 0.762. The minimum atomic E-state index is -0.542. The highest BCUT2D eigenvalue weighted by atomic mass is 16.6. The Morgan fingerprint density at radius 1 is 1.09 bits per heavy atom. The van der Waals surface area contributed by atoms with Gasteiger partial charge < -0.3 is 10.1 Å². The molecule has 1 N–H and O–H groups in total. The summed E-state index contributed by atoms with van der Waals surface area (Å²) < 4.78 is 5.19. The van der Waals surface area contributed by atoms with Crippen LogP contribution in [-0.2, 0) is 11.2 Å². The van der Waals surface area contributed by atoms with Crippen molar-refractivity contribution in [3.05, 3.63) is 35.4 Å². The Kier molecular flexibility index (Phi) is 6.79. The molecule has 0 aliphatic rings. The van der Waals surface area contributed by atoms with Crippen LogP contribution >= 0.6 is 0 Å². The lowest BCUT2D eigenvalue weighted by atomic mass is 9.99. The molecule has 0 saturated heterocycles. The standard InChI is InChI=1S/C19H29NO3/c1-13(2)11-15-7-9-16(10-8-15)17(21)12-14(3)20-18(22)23-19(4,5)6/h7-10,13-14H,11-12H2,1-6H3,(H,20,22). The summed E-state index contributed by atoms with van der Waals surface area (Å²) in [7, 11) is 0. The monoisotopic (exact) mass is 319 g/mol. The van der Waals surface area contributed by atoms with Crippen molar-refractivity contribution in [2.45, 2.75) is 66.0 Å². The van der Waals surface area contributed by atoms with E-state index in [-0.39, 0.29) is 18.2 Å². The topological polar surface area (TPSA) is 55.4 Å². The Morgan fingerprint density at radius 3 is 2.13 bits per heavy atom. The lowest BCUT2D eigenvalue weighted by Gasteiger charge is -2.21. The number of hydrogen-bond donors (Lipinski definition) is 1. The van der Waals surface area contributed by atoms with E-state index in [0.29, 0.717) is 11.5 Å². The molecular weight excluding hydrogens is 290 g/mol. The van der Waals surface area contributed by atoms with Gasteiger partial charge in [-0.25, -0.2) is 4.79 Å². The van der Waals surface area contributed by atoms with Gasteiger partial charge in [0.25, 0.3) is 0 Å². The maximum absolute atomic E-state index is 12.3. The summed E-state index contributed by atoms with van der Waals surface area (Å²) in [5.74, 6) is 0.610. The number of carbonyl (C=O) groups excluding carboxylic acids is 2. The van der Waals surface area contributed by atoms with Crippen LogP contribution in [0.3, 0.4) is 0 Å². The van der Waals surface area contributed by atoms with Gasteiger partial charge in [0.1, 0.15) is 5.60 Å². The Bertz CT molecular complexity index is 527. The van der Waals surface area contributed by atoms with Crippen LogP contribution in [0.4, 0.5) is 4.79 Å². The largest absolute Gasteiger partial charge is 0.444 e. The number of rotatable bonds is 6. The lowest BCUT2D eigenvalue weighted by Crippen LogP contribution is -2.38. The van der Waals surface area contributed by atoms with Crippen molar-refractivity contribution in [1.29, 1.82) is 0 Å². The van der Waals surface area contributed by atoms with E-state index >= 15 is 0 Å². The maximum Gasteiger partial charge on any atom is 0.407 e. The normalized spacial score (nSPS) is 12.8. The molecule has 0 heterocycles. The van der Waals surface area contributed by atoms with E-state index in [4.69, 9.17) is 4.74 Å². The van der Waals surface area contributed by atoms with Crippen LogP contribution < -0.4 is 5.32 Å². The molecule has 1 aromatic carbocycles. The first-order valence-electron chi connectivity index (χ1n) is 8.18. The van der Waals surface area contributed by atoms with Gasteiger partial charge in [-0.1, -0.05) is 38.1 Å². The van der Waals surface area contributed by atoms with Crippen molar-refractivity contribution in [2.24, 2.45) is 5.92 Å². The molecule has 23 heavy (non-hydrogen) atoms. The number of nitrogens with one attached hydrogen (secondary N) is 1. The quantitative estimate of drug-likeness (QED) is 0.792. The summed E-state index contributed by atoms with van der Waals surface area (Å²) in [5.41, 5.74) is 1.37. The fraction of sp³-hybridized carbons (Fsp3) is 0.579. The summed E-state index contributed by atoms with van der Waals surface area (Å²) in [6, 6.07) is 7.45. The number of benzene rings is 1. The summed E-state index contributed by atoms with van der Waals surface area (Å²) >= 11 is 0. The molecule has 0 aromatic heterocycles. The third kappa shape index (κ3) is 7.82. The third-order valence-corrected chi connectivity index (χ3v) is 3.17. The van der Waals surface area contributed by atoms with E-state index in [0.717, 1.165) is 6.42 Å². The molecule has 0 aliphatic heterocycles. The van der Waals surface area contributed by atoms with E-state index < -0.39 is 11.7 Å².